The van der Waals surface area contributed by atoms with E-state index in [0.29, 0.717) is 45.4 Å². The number of nitrogens with one attached hydrogen (secondary N) is 1. The molecule has 1 N–H and O–H groups in total. The molecule has 0 radical (unpaired) electrons. The van der Waals surface area contributed by atoms with Crippen LogP contribution in [0.25, 0.3) is 21.8 Å². The highest BCUT2D eigenvalue weighted by Crippen LogP contribution is 2.25. The normalized spacial score (nSPS) is 15.2. The Bertz CT molecular complexity index is 1000. The molecule has 0 unspecified atom stereocenters. The summed E-state index contributed by atoms with van der Waals surface area (Å²) in [4.78, 5) is 34.1. The van der Waals surface area contributed by atoms with Crippen LogP contribution in [0.3, 0.4) is 0 Å². The molecule has 3 heterocycles. The first-order chi connectivity index (χ1) is 13.7. The monoisotopic (exact) mass is 379 g/mol. The fraction of sp³-hybridized carbons (Fsp3) is 0.409. The first-order valence-corrected chi connectivity index (χ1v) is 9.95. The molecule has 28 heavy (non-hydrogen) atoms. The van der Waals surface area contributed by atoms with Crippen LogP contribution in [-0.4, -0.2) is 46.4 Å². The average molecular weight is 379 g/mol. The molecule has 1 aliphatic heterocycles. The van der Waals surface area contributed by atoms with Crippen LogP contribution in [0.2, 0.25) is 0 Å². The maximum Gasteiger partial charge on any atom is 0.309 e. The third kappa shape index (κ3) is 3.72. The molecule has 0 saturated carbocycles. The molecular formula is C22H25N3O3. The highest BCUT2D eigenvalue weighted by Gasteiger charge is 2.27. The lowest BCUT2D eigenvalue weighted by Gasteiger charge is -2.31. The average Bonchev–Trinajstić information content (AvgIpc) is 3.10. The van der Waals surface area contributed by atoms with Crippen LogP contribution in [0.4, 0.5) is 0 Å². The number of esters is 1. The second kappa shape index (κ2) is 8.00. The number of fused-ring (bicyclic) bond motifs is 3. The number of H-pyrrole nitrogens is 1. The van der Waals surface area contributed by atoms with Gasteiger partial charge < -0.3 is 14.6 Å². The van der Waals surface area contributed by atoms with E-state index in [4.69, 9.17) is 4.74 Å². The van der Waals surface area contributed by atoms with Crippen molar-refractivity contribution >= 4 is 33.7 Å². The Balaban J connectivity index is 1.36. The van der Waals surface area contributed by atoms with Gasteiger partial charge in [0.25, 0.3) is 0 Å². The Hall–Kier alpha value is -2.89. The molecule has 1 aromatic carbocycles. The number of carbonyl (C=O) groups excluding carboxylic acids is 2. The van der Waals surface area contributed by atoms with Crippen molar-refractivity contribution in [1.82, 2.24) is 14.9 Å². The van der Waals surface area contributed by atoms with Crippen molar-refractivity contribution in [3.05, 3.63) is 42.2 Å². The van der Waals surface area contributed by atoms with Crippen molar-refractivity contribution in [2.75, 3.05) is 19.7 Å². The lowest BCUT2D eigenvalue weighted by atomic mass is 9.96. The topological polar surface area (TPSA) is 75.3 Å². The van der Waals surface area contributed by atoms with Gasteiger partial charge in [-0.3, -0.25) is 14.6 Å². The SMILES string of the molecule is CCOC(=O)C1CCN(C(=O)CCc2cc3c(cn2)[nH]c2ccccc23)CC1. The fourth-order valence-corrected chi connectivity index (χ4v) is 3.95. The van der Waals surface area contributed by atoms with Crippen molar-refractivity contribution < 1.29 is 14.3 Å². The second-order valence-corrected chi connectivity index (χ2v) is 7.30. The van der Waals surface area contributed by atoms with E-state index in [2.05, 4.69) is 28.2 Å². The quantitative estimate of drug-likeness (QED) is 0.689. The highest BCUT2D eigenvalue weighted by molar-refractivity contribution is 6.06. The smallest absolute Gasteiger partial charge is 0.309 e. The summed E-state index contributed by atoms with van der Waals surface area (Å²) >= 11 is 0. The van der Waals surface area contributed by atoms with Crippen LogP contribution in [0.15, 0.2) is 36.5 Å². The Morgan fingerprint density at radius 2 is 1.96 bits per heavy atom. The number of aromatic amines is 1. The molecule has 2 aromatic heterocycles. The Morgan fingerprint density at radius 3 is 2.75 bits per heavy atom. The summed E-state index contributed by atoms with van der Waals surface area (Å²) < 4.78 is 5.09. The lowest BCUT2D eigenvalue weighted by Crippen LogP contribution is -2.40. The summed E-state index contributed by atoms with van der Waals surface area (Å²) in [7, 11) is 0. The highest BCUT2D eigenvalue weighted by atomic mass is 16.5. The second-order valence-electron chi connectivity index (χ2n) is 7.30. The van der Waals surface area contributed by atoms with Crippen LogP contribution < -0.4 is 0 Å². The van der Waals surface area contributed by atoms with Gasteiger partial charge in [-0.25, -0.2) is 0 Å². The van der Waals surface area contributed by atoms with Crippen molar-refractivity contribution in [2.45, 2.75) is 32.6 Å². The number of carbonyl (C=O) groups is 2. The molecule has 0 aliphatic carbocycles. The number of rotatable bonds is 5. The van der Waals surface area contributed by atoms with Crippen LogP contribution in [-0.2, 0) is 20.7 Å². The zero-order chi connectivity index (χ0) is 19.5. The largest absolute Gasteiger partial charge is 0.466 e. The molecule has 6 nitrogen and oxygen atoms in total. The van der Waals surface area contributed by atoms with Gasteiger partial charge >= 0.3 is 5.97 Å². The maximum absolute atomic E-state index is 12.6. The molecular weight excluding hydrogens is 354 g/mol. The number of likely N-dealkylation sites (tertiary alicyclic amines) is 1. The first-order valence-electron chi connectivity index (χ1n) is 9.95. The number of nitrogens with zero attached hydrogens (tertiary/aromatic N) is 2. The minimum atomic E-state index is -0.133. The van der Waals surface area contributed by atoms with Crippen LogP contribution in [0, 0.1) is 5.92 Å². The van der Waals surface area contributed by atoms with Crippen LogP contribution >= 0.6 is 0 Å². The van der Waals surface area contributed by atoms with Gasteiger partial charge in [0.2, 0.25) is 5.91 Å². The molecule has 146 valence electrons. The van der Waals surface area contributed by atoms with Gasteiger partial charge in [-0.1, -0.05) is 18.2 Å². The van der Waals surface area contributed by atoms with Gasteiger partial charge in [0.15, 0.2) is 0 Å². The predicted octanol–water partition coefficient (Wildman–Crippen LogP) is 3.45. The van der Waals surface area contributed by atoms with Crippen molar-refractivity contribution in [3.8, 4) is 0 Å². The van der Waals surface area contributed by atoms with E-state index < -0.39 is 0 Å². The van der Waals surface area contributed by atoms with Crippen LogP contribution in [0.1, 0.15) is 31.9 Å². The molecule has 1 fully saturated rings. The molecule has 6 heteroatoms. The predicted molar refractivity (Wildman–Crippen MR) is 108 cm³/mol. The van der Waals surface area contributed by atoms with E-state index in [1.807, 2.05) is 30.2 Å². The molecule has 1 aliphatic rings. The summed E-state index contributed by atoms with van der Waals surface area (Å²) in [6, 6.07) is 10.3. The zero-order valence-electron chi connectivity index (χ0n) is 16.1. The zero-order valence-corrected chi connectivity index (χ0v) is 16.1. The van der Waals surface area contributed by atoms with E-state index in [0.717, 1.165) is 22.1 Å². The van der Waals surface area contributed by atoms with Crippen molar-refractivity contribution in [3.63, 3.8) is 0 Å². The van der Waals surface area contributed by atoms with Gasteiger partial charge in [0, 0.05) is 41.5 Å². The third-order valence-corrected chi connectivity index (χ3v) is 5.51. The number of hydrogen-bond donors (Lipinski definition) is 1. The van der Waals surface area contributed by atoms with E-state index in [1.54, 1.807) is 0 Å². The standard InChI is InChI=1S/C22H25N3O3/c1-2-28-22(27)15-9-11-25(12-10-15)21(26)8-7-16-13-18-17-5-3-4-6-19(17)24-20(18)14-23-16/h3-6,13-15,24H,2,7-12H2,1H3. The van der Waals surface area contributed by atoms with E-state index in [1.165, 1.54) is 5.39 Å². The van der Waals surface area contributed by atoms with Crippen molar-refractivity contribution in [1.29, 1.82) is 0 Å². The summed E-state index contributed by atoms with van der Waals surface area (Å²) in [5.41, 5.74) is 3.03. The number of benzene rings is 1. The lowest BCUT2D eigenvalue weighted by molar-refractivity contribution is -0.151. The summed E-state index contributed by atoms with van der Waals surface area (Å²) in [6.07, 6.45) is 4.27. The summed E-state index contributed by atoms with van der Waals surface area (Å²) in [5.74, 6) is -0.0797. The van der Waals surface area contributed by atoms with Crippen molar-refractivity contribution in [2.24, 2.45) is 5.92 Å². The number of hydrogen-bond acceptors (Lipinski definition) is 4. The van der Waals surface area contributed by atoms with Gasteiger partial charge in [-0.15, -0.1) is 0 Å². The Morgan fingerprint density at radius 1 is 1.18 bits per heavy atom. The molecule has 0 bridgehead atoms. The Kier molecular flexibility index (Phi) is 5.28. The van der Waals surface area contributed by atoms with Gasteiger partial charge in [0.05, 0.1) is 24.2 Å². The number of aryl methyl sites for hydroxylation is 1. The number of para-hydroxylation sites is 1. The number of amides is 1. The summed E-state index contributed by atoms with van der Waals surface area (Å²) in [5, 5.41) is 2.32. The molecule has 4 rings (SSSR count). The molecule has 1 amide bonds. The number of pyridine rings is 1. The number of ether oxygens (including phenoxy) is 1. The molecule has 3 aromatic rings. The van der Waals surface area contributed by atoms with E-state index >= 15 is 0 Å². The molecule has 0 atom stereocenters. The third-order valence-electron chi connectivity index (χ3n) is 5.51. The minimum Gasteiger partial charge on any atom is -0.466 e. The maximum atomic E-state index is 12.6. The number of aromatic nitrogens is 2. The molecule has 0 spiro atoms. The van der Waals surface area contributed by atoms with Crippen LogP contribution in [0.5, 0.6) is 0 Å². The first kappa shape index (κ1) is 18.5. The van der Waals surface area contributed by atoms with E-state index in [9.17, 15) is 9.59 Å². The van der Waals surface area contributed by atoms with E-state index in [-0.39, 0.29) is 17.8 Å². The van der Waals surface area contributed by atoms with Gasteiger partial charge in [0.1, 0.15) is 0 Å². The Labute approximate surface area is 163 Å². The van der Waals surface area contributed by atoms with Gasteiger partial charge in [-0.05, 0) is 38.3 Å². The fourth-order valence-electron chi connectivity index (χ4n) is 3.95. The molecule has 1 saturated heterocycles. The summed E-state index contributed by atoms with van der Waals surface area (Å²) in [6.45, 7) is 3.47. The number of piperidine rings is 1. The van der Waals surface area contributed by atoms with Gasteiger partial charge in [-0.2, -0.15) is 0 Å². The minimum absolute atomic E-state index is 0.0741.